The third-order valence-corrected chi connectivity index (χ3v) is 10.0. The minimum atomic E-state index is 0.871. The van der Waals surface area contributed by atoms with Crippen molar-refractivity contribution in [3.8, 4) is 11.3 Å². The maximum absolute atomic E-state index is 5.31. The molecular weight excluding hydrogens is 593 g/mol. The second-order valence-corrected chi connectivity index (χ2v) is 12.7. The minimum absolute atomic E-state index is 0.871. The number of anilines is 3. The van der Waals surface area contributed by atoms with Crippen molar-refractivity contribution in [2.45, 2.75) is 0 Å². The van der Waals surface area contributed by atoms with Crippen molar-refractivity contribution in [1.82, 2.24) is 4.98 Å². The fraction of sp³-hybridized carbons (Fsp3) is 0. The molecule has 49 heavy (non-hydrogen) atoms. The molecule has 2 heteroatoms. The molecule has 10 rings (SSSR count). The summed E-state index contributed by atoms with van der Waals surface area (Å²) in [6, 6.07) is 65.6. The van der Waals surface area contributed by atoms with Crippen molar-refractivity contribution in [3.63, 3.8) is 0 Å². The van der Waals surface area contributed by atoms with E-state index in [2.05, 4.69) is 181 Å². The molecule has 0 fully saturated rings. The van der Waals surface area contributed by atoms with Gasteiger partial charge in [0, 0.05) is 16.9 Å². The highest BCUT2D eigenvalue weighted by molar-refractivity contribution is 6.27. The molecule has 0 aliphatic heterocycles. The lowest BCUT2D eigenvalue weighted by Gasteiger charge is -2.26. The standard InChI is InChI=1S/C47H30N2/c1-2-13-31(14-3-1)46-23-12-24-47(48-46)49(32-25-27-42-38-19-6-4-15-34(38)36-17-8-10-21-40(36)44(42)29-32)33-26-28-43-39-20-7-5-16-35(39)37-18-9-11-22-41(37)45(43)30-33/h1-30H. The first kappa shape index (κ1) is 27.6. The number of aromatic nitrogens is 1. The molecule has 0 atom stereocenters. The number of fused-ring (bicyclic) bond motifs is 12. The van der Waals surface area contributed by atoms with Gasteiger partial charge in [-0.15, -0.1) is 0 Å². The molecule has 0 N–H and O–H groups in total. The molecule has 1 heterocycles. The van der Waals surface area contributed by atoms with Gasteiger partial charge in [0.15, 0.2) is 0 Å². The third-order valence-electron chi connectivity index (χ3n) is 10.0. The van der Waals surface area contributed by atoms with Gasteiger partial charge >= 0.3 is 0 Å². The number of hydrogen-bond donors (Lipinski definition) is 0. The third kappa shape index (κ3) is 4.38. The van der Waals surface area contributed by atoms with Gasteiger partial charge < -0.3 is 0 Å². The predicted molar refractivity (Wildman–Crippen MR) is 209 cm³/mol. The molecule has 0 spiro atoms. The molecule has 2 nitrogen and oxygen atoms in total. The Balaban J connectivity index is 1.27. The zero-order valence-corrected chi connectivity index (χ0v) is 26.7. The number of nitrogens with zero attached hydrogens (tertiary/aromatic N) is 2. The molecule has 0 saturated heterocycles. The van der Waals surface area contributed by atoms with Crippen LogP contribution in [0, 0.1) is 0 Å². The zero-order valence-electron chi connectivity index (χ0n) is 26.7. The first-order chi connectivity index (χ1) is 24.3. The largest absolute Gasteiger partial charge is 0.295 e. The van der Waals surface area contributed by atoms with Crippen LogP contribution in [0.1, 0.15) is 0 Å². The number of hydrogen-bond acceptors (Lipinski definition) is 2. The van der Waals surface area contributed by atoms with Crippen LogP contribution in [0.2, 0.25) is 0 Å². The SMILES string of the molecule is c1ccc(-c2cccc(N(c3ccc4c5ccccc5c5ccccc5c4c3)c3ccc4c5ccccc5c5ccccc5c4c3)n2)cc1. The first-order valence-corrected chi connectivity index (χ1v) is 16.8. The van der Waals surface area contributed by atoms with Crippen LogP contribution in [0.25, 0.3) is 75.9 Å². The second-order valence-electron chi connectivity index (χ2n) is 12.7. The summed E-state index contributed by atoms with van der Waals surface area (Å²) < 4.78 is 0. The van der Waals surface area contributed by atoms with E-state index < -0.39 is 0 Å². The predicted octanol–water partition coefficient (Wildman–Crippen LogP) is 13.1. The summed E-state index contributed by atoms with van der Waals surface area (Å²) in [7, 11) is 0. The van der Waals surface area contributed by atoms with E-state index in [0.717, 1.165) is 28.5 Å². The van der Waals surface area contributed by atoms with Gasteiger partial charge in [0.25, 0.3) is 0 Å². The highest BCUT2D eigenvalue weighted by Gasteiger charge is 2.19. The maximum atomic E-state index is 5.31. The highest BCUT2D eigenvalue weighted by atomic mass is 15.2. The van der Waals surface area contributed by atoms with E-state index in [9.17, 15) is 0 Å². The quantitative estimate of drug-likeness (QED) is 0.182. The van der Waals surface area contributed by atoms with Gasteiger partial charge in [0.1, 0.15) is 5.82 Å². The Morgan fingerprint density at radius 2 is 0.653 bits per heavy atom. The summed E-state index contributed by atoms with van der Waals surface area (Å²) in [6.45, 7) is 0. The lowest BCUT2D eigenvalue weighted by molar-refractivity contribution is 1.19. The fourth-order valence-corrected chi connectivity index (χ4v) is 7.80. The Bertz CT molecular complexity index is 2660. The molecule has 0 bridgehead atoms. The number of rotatable bonds is 4. The Morgan fingerprint density at radius 3 is 1.08 bits per heavy atom. The Hall–Kier alpha value is -6.51. The van der Waals surface area contributed by atoms with Crippen LogP contribution < -0.4 is 4.90 Å². The van der Waals surface area contributed by atoms with E-state index in [0.29, 0.717) is 0 Å². The molecule has 228 valence electrons. The van der Waals surface area contributed by atoms with Crippen molar-refractivity contribution in [2.75, 3.05) is 4.90 Å². The Morgan fingerprint density at radius 1 is 0.286 bits per heavy atom. The van der Waals surface area contributed by atoms with Gasteiger partial charge in [-0.25, -0.2) is 4.98 Å². The summed E-state index contributed by atoms with van der Waals surface area (Å²) in [5, 5.41) is 15.1. The van der Waals surface area contributed by atoms with Crippen LogP contribution in [0.4, 0.5) is 17.2 Å². The van der Waals surface area contributed by atoms with E-state index in [4.69, 9.17) is 4.98 Å². The monoisotopic (exact) mass is 622 g/mol. The lowest BCUT2D eigenvalue weighted by Crippen LogP contribution is -2.12. The van der Waals surface area contributed by atoms with Gasteiger partial charge in [0.2, 0.25) is 0 Å². The molecule has 0 saturated carbocycles. The van der Waals surface area contributed by atoms with Crippen molar-refractivity contribution >= 4 is 81.8 Å². The average Bonchev–Trinajstić information content (AvgIpc) is 3.19. The smallest absolute Gasteiger partial charge is 0.138 e. The fourth-order valence-electron chi connectivity index (χ4n) is 7.80. The van der Waals surface area contributed by atoms with Crippen molar-refractivity contribution in [3.05, 3.63) is 182 Å². The zero-order chi connectivity index (χ0) is 32.3. The summed E-state index contributed by atoms with van der Waals surface area (Å²) >= 11 is 0. The molecule has 0 aliphatic carbocycles. The van der Waals surface area contributed by atoms with Crippen molar-refractivity contribution in [2.24, 2.45) is 0 Å². The van der Waals surface area contributed by atoms with Crippen LogP contribution >= 0.6 is 0 Å². The van der Waals surface area contributed by atoms with Crippen molar-refractivity contribution < 1.29 is 0 Å². The molecule has 1 aromatic heterocycles. The van der Waals surface area contributed by atoms with Crippen LogP contribution in [0.15, 0.2) is 182 Å². The van der Waals surface area contributed by atoms with Crippen LogP contribution in [-0.2, 0) is 0 Å². The maximum Gasteiger partial charge on any atom is 0.138 e. The van der Waals surface area contributed by atoms with Gasteiger partial charge in [-0.2, -0.15) is 0 Å². The molecule has 0 amide bonds. The molecule has 0 aliphatic rings. The molecule has 9 aromatic carbocycles. The van der Waals surface area contributed by atoms with Crippen LogP contribution in [0.5, 0.6) is 0 Å². The molecule has 0 unspecified atom stereocenters. The lowest BCUT2D eigenvalue weighted by atomic mass is 9.93. The van der Waals surface area contributed by atoms with Gasteiger partial charge in [-0.05, 0) is 101 Å². The number of benzene rings is 9. The minimum Gasteiger partial charge on any atom is -0.295 e. The van der Waals surface area contributed by atoms with Gasteiger partial charge in [-0.3, -0.25) is 4.90 Å². The average molecular weight is 623 g/mol. The second kappa shape index (κ2) is 11.0. The normalized spacial score (nSPS) is 11.7. The molecule has 0 radical (unpaired) electrons. The van der Waals surface area contributed by atoms with E-state index in [1.54, 1.807) is 0 Å². The summed E-state index contributed by atoms with van der Waals surface area (Å²) in [5.41, 5.74) is 4.17. The van der Waals surface area contributed by atoms with Gasteiger partial charge in [0.05, 0.1) is 5.69 Å². The van der Waals surface area contributed by atoms with E-state index in [1.807, 2.05) is 6.07 Å². The van der Waals surface area contributed by atoms with E-state index in [1.165, 1.54) is 64.6 Å². The molecular formula is C47H30N2. The van der Waals surface area contributed by atoms with Crippen LogP contribution in [0.3, 0.4) is 0 Å². The summed E-state index contributed by atoms with van der Waals surface area (Å²) in [4.78, 5) is 7.63. The summed E-state index contributed by atoms with van der Waals surface area (Å²) in [6.07, 6.45) is 0. The topological polar surface area (TPSA) is 16.1 Å². The first-order valence-electron chi connectivity index (χ1n) is 16.8. The van der Waals surface area contributed by atoms with E-state index in [-0.39, 0.29) is 0 Å². The Kier molecular flexibility index (Phi) is 6.22. The number of pyridine rings is 1. The summed E-state index contributed by atoms with van der Waals surface area (Å²) in [5.74, 6) is 0.871. The van der Waals surface area contributed by atoms with Gasteiger partial charge in [-0.1, -0.05) is 146 Å². The van der Waals surface area contributed by atoms with Crippen molar-refractivity contribution in [1.29, 1.82) is 0 Å². The molecule has 10 aromatic rings. The van der Waals surface area contributed by atoms with E-state index >= 15 is 0 Å². The Labute approximate surface area is 284 Å². The van der Waals surface area contributed by atoms with Crippen LogP contribution in [-0.4, -0.2) is 4.98 Å². The highest BCUT2D eigenvalue weighted by Crippen LogP contribution is 2.43.